The molecular formula is C19H20Cl2N2O2S2. The van der Waals surface area contributed by atoms with Crippen LogP contribution in [0.15, 0.2) is 36.4 Å². The summed E-state index contributed by atoms with van der Waals surface area (Å²) in [5.41, 5.74) is 3.17. The van der Waals surface area contributed by atoms with Crippen LogP contribution in [0.4, 0.5) is 5.69 Å². The molecule has 4 nitrogen and oxygen atoms in total. The molecule has 2 rings (SSSR count). The highest BCUT2D eigenvalue weighted by atomic mass is 35.5. The lowest BCUT2D eigenvalue weighted by molar-refractivity contribution is 0.0601. The molecule has 0 unspecified atom stereocenters. The molecule has 0 heterocycles. The maximum atomic E-state index is 11.7. The Morgan fingerprint density at radius 2 is 1.93 bits per heavy atom. The van der Waals surface area contributed by atoms with Crippen LogP contribution in [-0.2, 0) is 10.5 Å². The Kier molecular flexibility index (Phi) is 8.70. The van der Waals surface area contributed by atoms with Gasteiger partial charge in [-0.1, -0.05) is 35.3 Å². The zero-order valence-electron chi connectivity index (χ0n) is 15.0. The lowest BCUT2D eigenvalue weighted by Crippen LogP contribution is -2.30. The zero-order chi connectivity index (χ0) is 19.8. The first-order chi connectivity index (χ1) is 12.9. The molecule has 2 aromatic carbocycles. The molecule has 27 heavy (non-hydrogen) atoms. The topological polar surface area (TPSA) is 50.4 Å². The van der Waals surface area contributed by atoms with E-state index in [2.05, 4.69) is 10.6 Å². The first-order valence-corrected chi connectivity index (χ1v) is 10.5. The van der Waals surface area contributed by atoms with Gasteiger partial charge < -0.3 is 15.4 Å². The van der Waals surface area contributed by atoms with Gasteiger partial charge in [0.1, 0.15) is 0 Å². The number of ether oxygens (including phenoxy) is 1. The molecule has 0 aliphatic heterocycles. The normalized spacial score (nSPS) is 10.4. The lowest BCUT2D eigenvalue weighted by Gasteiger charge is -2.13. The number of esters is 1. The number of rotatable bonds is 7. The molecule has 144 valence electrons. The highest BCUT2D eigenvalue weighted by Gasteiger charge is 2.09. The van der Waals surface area contributed by atoms with Crippen LogP contribution in [0.5, 0.6) is 0 Å². The summed E-state index contributed by atoms with van der Waals surface area (Å²) in [5.74, 6) is 1.19. The average molecular weight is 443 g/mol. The van der Waals surface area contributed by atoms with Gasteiger partial charge in [-0.2, -0.15) is 11.8 Å². The number of thiocarbonyl (C=S) groups is 1. The fourth-order valence-corrected chi connectivity index (χ4v) is 4.06. The van der Waals surface area contributed by atoms with Crippen molar-refractivity contribution in [1.82, 2.24) is 5.32 Å². The number of carbonyl (C=O) groups excluding carboxylic acids is 1. The molecule has 0 aliphatic rings. The van der Waals surface area contributed by atoms with Gasteiger partial charge in [-0.25, -0.2) is 4.79 Å². The first-order valence-electron chi connectivity index (χ1n) is 8.17. The van der Waals surface area contributed by atoms with E-state index in [-0.39, 0.29) is 5.97 Å². The summed E-state index contributed by atoms with van der Waals surface area (Å²) in [6.45, 7) is 2.63. The Labute approximate surface area is 179 Å². The van der Waals surface area contributed by atoms with Gasteiger partial charge in [-0.05, 0) is 54.5 Å². The lowest BCUT2D eigenvalue weighted by atomic mass is 10.1. The van der Waals surface area contributed by atoms with Crippen LogP contribution in [0.2, 0.25) is 10.0 Å². The second-order valence-corrected chi connectivity index (χ2v) is 7.98. The van der Waals surface area contributed by atoms with Crippen molar-refractivity contribution in [3.63, 3.8) is 0 Å². The number of thioether (sulfide) groups is 1. The number of nitrogens with one attached hydrogen (secondary N) is 2. The number of halogens is 2. The average Bonchev–Trinajstić information content (AvgIpc) is 2.64. The van der Waals surface area contributed by atoms with Gasteiger partial charge in [0.05, 0.1) is 12.7 Å². The number of carbonyl (C=O) groups is 1. The van der Waals surface area contributed by atoms with E-state index < -0.39 is 0 Å². The molecule has 0 saturated heterocycles. The molecule has 0 fully saturated rings. The number of hydrogen-bond acceptors (Lipinski definition) is 4. The molecule has 2 N–H and O–H groups in total. The smallest absolute Gasteiger partial charge is 0.337 e. The summed E-state index contributed by atoms with van der Waals surface area (Å²) in [5, 5.41) is 8.13. The molecule has 0 atom stereocenters. The molecule has 0 aromatic heterocycles. The standard InChI is InChI=1S/C19H20Cl2N2O2S2/c1-12-6-7-13(18(24)25-2)10-17(12)23-19(26)22-8-9-27-11-14-15(20)4-3-5-16(14)21/h3-7,10H,8-9,11H2,1-2H3,(H2,22,23,26). The van der Waals surface area contributed by atoms with Crippen LogP contribution in [0.25, 0.3) is 0 Å². The maximum absolute atomic E-state index is 11.7. The summed E-state index contributed by atoms with van der Waals surface area (Å²) >= 11 is 19.4. The third kappa shape index (κ3) is 6.57. The van der Waals surface area contributed by atoms with Crippen molar-refractivity contribution in [3.8, 4) is 0 Å². The van der Waals surface area contributed by atoms with E-state index in [4.69, 9.17) is 40.2 Å². The van der Waals surface area contributed by atoms with Gasteiger partial charge in [-0.3, -0.25) is 0 Å². The predicted molar refractivity (Wildman–Crippen MR) is 119 cm³/mol. The Hall–Kier alpha value is -1.47. The maximum Gasteiger partial charge on any atom is 0.337 e. The fraction of sp³-hybridized carbons (Fsp3) is 0.263. The molecule has 0 amide bonds. The summed E-state index contributed by atoms with van der Waals surface area (Å²) in [6, 6.07) is 10.8. The minimum Gasteiger partial charge on any atom is -0.465 e. The molecule has 0 aliphatic carbocycles. The number of methoxy groups -OCH3 is 1. The highest BCUT2D eigenvalue weighted by Crippen LogP contribution is 2.28. The van der Waals surface area contributed by atoms with Crippen LogP contribution in [0.3, 0.4) is 0 Å². The fourth-order valence-electron chi connectivity index (χ4n) is 2.25. The van der Waals surface area contributed by atoms with Crippen molar-refractivity contribution in [2.75, 3.05) is 24.7 Å². The highest BCUT2D eigenvalue weighted by molar-refractivity contribution is 7.98. The van der Waals surface area contributed by atoms with Crippen molar-refractivity contribution in [1.29, 1.82) is 0 Å². The van der Waals surface area contributed by atoms with Crippen LogP contribution in [-0.4, -0.2) is 30.5 Å². The van der Waals surface area contributed by atoms with Crippen molar-refractivity contribution < 1.29 is 9.53 Å². The monoisotopic (exact) mass is 442 g/mol. The zero-order valence-corrected chi connectivity index (χ0v) is 18.1. The van der Waals surface area contributed by atoms with Gasteiger partial charge in [0.25, 0.3) is 0 Å². The molecule has 0 saturated carbocycles. The van der Waals surface area contributed by atoms with Crippen molar-refractivity contribution >= 4 is 64.0 Å². The van der Waals surface area contributed by atoms with Crippen molar-refractivity contribution in [2.45, 2.75) is 12.7 Å². The largest absolute Gasteiger partial charge is 0.465 e. The third-order valence-corrected chi connectivity index (χ3v) is 5.69. The van der Waals surface area contributed by atoms with E-state index >= 15 is 0 Å². The number of benzene rings is 2. The van der Waals surface area contributed by atoms with E-state index in [1.807, 2.05) is 31.2 Å². The Morgan fingerprint density at radius 3 is 2.59 bits per heavy atom. The molecule has 0 bridgehead atoms. The Morgan fingerprint density at radius 1 is 1.22 bits per heavy atom. The third-order valence-electron chi connectivity index (χ3n) is 3.75. The summed E-state index contributed by atoms with van der Waals surface area (Å²) < 4.78 is 4.74. The van der Waals surface area contributed by atoms with Crippen LogP contribution < -0.4 is 10.6 Å². The predicted octanol–water partition coefficient (Wildman–Crippen LogP) is 5.31. The van der Waals surface area contributed by atoms with Gasteiger partial charge in [0.15, 0.2) is 5.11 Å². The van der Waals surface area contributed by atoms with E-state index in [0.29, 0.717) is 27.3 Å². The van der Waals surface area contributed by atoms with Gasteiger partial charge in [0, 0.05) is 33.8 Å². The molecular weight excluding hydrogens is 423 g/mol. The van der Waals surface area contributed by atoms with Gasteiger partial charge in [0.2, 0.25) is 0 Å². The van der Waals surface area contributed by atoms with Crippen LogP contribution in [0, 0.1) is 6.92 Å². The van der Waals surface area contributed by atoms with Crippen molar-refractivity contribution in [2.24, 2.45) is 0 Å². The quantitative estimate of drug-likeness (QED) is 0.344. The SMILES string of the molecule is COC(=O)c1ccc(C)c(NC(=S)NCCSCc2c(Cl)cccc2Cl)c1. The summed E-state index contributed by atoms with van der Waals surface area (Å²) in [4.78, 5) is 11.7. The van der Waals surface area contributed by atoms with E-state index in [1.165, 1.54) is 7.11 Å². The second-order valence-electron chi connectivity index (χ2n) is 5.65. The number of aryl methyl sites for hydroxylation is 1. The van der Waals surface area contributed by atoms with Crippen LogP contribution >= 0.6 is 47.2 Å². The molecule has 0 radical (unpaired) electrons. The number of hydrogen-bond donors (Lipinski definition) is 2. The van der Waals surface area contributed by atoms with E-state index in [0.717, 1.165) is 28.3 Å². The summed E-state index contributed by atoms with van der Waals surface area (Å²) in [7, 11) is 1.36. The van der Waals surface area contributed by atoms with E-state index in [9.17, 15) is 4.79 Å². The minimum absolute atomic E-state index is 0.383. The Balaban J connectivity index is 1.79. The molecule has 2 aromatic rings. The van der Waals surface area contributed by atoms with E-state index in [1.54, 1.807) is 23.9 Å². The molecule has 8 heteroatoms. The number of anilines is 1. The van der Waals surface area contributed by atoms with Crippen molar-refractivity contribution in [3.05, 3.63) is 63.1 Å². The van der Waals surface area contributed by atoms with Gasteiger partial charge >= 0.3 is 5.97 Å². The van der Waals surface area contributed by atoms with Gasteiger partial charge in [-0.15, -0.1) is 0 Å². The molecule has 0 spiro atoms. The van der Waals surface area contributed by atoms with Crippen LogP contribution in [0.1, 0.15) is 21.5 Å². The summed E-state index contributed by atoms with van der Waals surface area (Å²) in [6.07, 6.45) is 0. The first kappa shape index (κ1) is 21.8. The Bertz CT molecular complexity index is 811. The second kappa shape index (κ2) is 10.8. The minimum atomic E-state index is -0.383.